The van der Waals surface area contributed by atoms with Gasteiger partial charge in [0.2, 0.25) is 13.1 Å². The third kappa shape index (κ3) is 5.78. The van der Waals surface area contributed by atoms with Crippen LogP contribution in [0.4, 0.5) is 0 Å². The monoisotopic (exact) mass is 399 g/mol. The van der Waals surface area contributed by atoms with Crippen molar-refractivity contribution in [1.29, 1.82) is 0 Å². The first-order chi connectivity index (χ1) is 10.6. The van der Waals surface area contributed by atoms with E-state index >= 15 is 0 Å². The lowest BCUT2D eigenvalue weighted by atomic mass is 10.4. The van der Waals surface area contributed by atoms with Gasteiger partial charge in [-0.15, -0.1) is 0 Å². The van der Waals surface area contributed by atoms with Crippen molar-refractivity contribution in [1.82, 2.24) is 5.53 Å². The van der Waals surface area contributed by atoms with Crippen LogP contribution in [-0.2, 0) is 44.3 Å². The van der Waals surface area contributed by atoms with Crippen LogP contribution in [0.2, 0.25) is 0 Å². The molecule has 0 aliphatic heterocycles. The molecule has 0 aliphatic carbocycles. The maximum Gasteiger partial charge on any atom is 0.363 e. The standard InChI is InChI=1S/C12H21N3O4S4/c1-5-14(11(20)21,7-9(16)18-3)13-15(6-2,12(22)23)8-10(17)19-4/h13H,5-8H2,1-4H3. The Bertz CT molecular complexity index is 449. The molecule has 0 spiro atoms. The van der Waals surface area contributed by atoms with Crippen LogP contribution >= 0.6 is 24.4 Å². The lowest BCUT2D eigenvalue weighted by Gasteiger charge is -2.46. The van der Waals surface area contributed by atoms with Crippen LogP contribution < -0.4 is 5.53 Å². The Hall–Kier alpha value is -0.560. The molecule has 0 rings (SSSR count). The molecule has 0 bridgehead atoms. The first-order valence-electron chi connectivity index (χ1n) is 6.73. The van der Waals surface area contributed by atoms with Crippen LogP contribution in [0.15, 0.2) is 0 Å². The SMILES string of the molecule is CC[N+](CC(=O)OC)(N[N+](CC)(CC(=O)OC)C(=S)[S-])C(=S)[S-]. The number of quaternary nitrogens is 2. The number of esters is 2. The maximum atomic E-state index is 11.8. The summed E-state index contributed by atoms with van der Waals surface area (Å²) < 4.78 is 9.07. The molecule has 23 heavy (non-hydrogen) atoms. The van der Waals surface area contributed by atoms with Crippen molar-refractivity contribution in [2.45, 2.75) is 13.8 Å². The lowest BCUT2D eigenvalue weighted by molar-refractivity contribution is -1.08. The zero-order chi connectivity index (χ0) is 18.3. The van der Waals surface area contributed by atoms with E-state index in [0.717, 1.165) is 0 Å². The van der Waals surface area contributed by atoms with E-state index in [1.54, 1.807) is 13.8 Å². The van der Waals surface area contributed by atoms with Crippen molar-refractivity contribution in [3.8, 4) is 0 Å². The van der Waals surface area contributed by atoms with Crippen LogP contribution in [0.25, 0.3) is 0 Å². The summed E-state index contributed by atoms with van der Waals surface area (Å²) in [5.41, 5.74) is 3.09. The number of carbonyl (C=O) groups excluding carboxylic acids is 2. The zero-order valence-corrected chi connectivity index (χ0v) is 16.8. The predicted molar refractivity (Wildman–Crippen MR) is 98.4 cm³/mol. The Morgan fingerprint density at radius 3 is 1.39 bits per heavy atom. The molecule has 0 heterocycles. The quantitative estimate of drug-likeness (QED) is 0.201. The molecule has 0 aliphatic rings. The highest BCUT2D eigenvalue weighted by Gasteiger charge is 2.42. The molecular formula is C12H21N3O4S4. The summed E-state index contributed by atoms with van der Waals surface area (Å²) in [7, 11) is 2.54. The Kier molecular flexibility index (Phi) is 9.43. The van der Waals surface area contributed by atoms with Gasteiger partial charge in [-0.25, -0.2) is 9.59 Å². The van der Waals surface area contributed by atoms with Gasteiger partial charge in [0.25, 0.3) is 0 Å². The van der Waals surface area contributed by atoms with Crippen molar-refractivity contribution < 1.29 is 28.2 Å². The van der Waals surface area contributed by atoms with E-state index in [1.807, 2.05) is 0 Å². The number of carbonyl (C=O) groups is 2. The van der Waals surface area contributed by atoms with Gasteiger partial charge in [-0.2, -0.15) is 9.18 Å². The number of hydrogen-bond donors (Lipinski definition) is 1. The molecule has 0 aromatic heterocycles. The number of ether oxygens (including phenoxy) is 2. The Morgan fingerprint density at radius 2 is 1.22 bits per heavy atom. The van der Waals surface area contributed by atoms with Crippen molar-refractivity contribution in [2.75, 3.05) is 40.4 Å². The fraction of sp³-hybridized carbons (Fsp3) is 0.667. The summed E-state index contributed by atoms with van der Waals surface area (Å²) in [5, 5.41) is 0. The third-order valence-electron chi connectivity index (χ3n) is 3.41. The normalized spacial score (nSPS) is 15.8. The molecule has 0 fully saturated rings. The molecule has 2 atom stereocenters. The van der Waals surface area contributed by atoms with Gasteiger partial charge in [0, 0.05) is 0 Å². The van der Waals surface area contributed by atoms with Crippen molar-refractivity contribution >= 4 is 70.3 Å². The minimum absolute atomic E-state index is 0.0879. The van der Waals surface area contributed by atoms with Gasteiger partial charge in [0.15, 0.2) is 0 Å². The van der Waals surface area contributed by atoms with Crippen LogP contribution in [0.3, 0.4) is 0 Å². The van der Waals surface area contributed by atoms with E-state index in [2.05, 4.69) is 5.53 Å². The Morgan fingerprint density at radius 1 is 0.913 bits per heavy atom. The highest BCUT2D eigenvalue weighted by atomic mass is 32.1. The minimum atomic E-state index is -0.505. The van der Waals surface area contributed by atoms with E-state index in [4.69, 9.17) is 59.2 Å². The van der Waals surface area contributed by atoms with Gasteiger partial charge in [0.05, 0.1) is 22.9 Å². The molecule has 0 saturated heterocycles. The fourth-order valence-corrected chi connectivity index (χ4v) is 2.78. The van der Waals surface area contributed by atoms with Crippen LogP contribution in [0, 0.1) is 0 Å². The molecule has 0 aromatic rings. The second-order valence-electron chi connectivity index (χ2n) is 4.67. The Labute approximate surface area is 158 Å². The largest absolute Gasteiger partial charge is 0.465 e. The van der Waals surface area contributed by atoms with Crippen molar-refractivity contribution in [2.24, 2.45) is 0 Å². The average molecular weight is 400 g/mol. The molecule has 0 aromatic carbocycles. The minimum Gasteiger partial charge on any atom is -0.465 e. The van der Waals surface area contributed by atoms with E-state index in [0.29, 0.717) is 13.1 Å². The molecule has 1 N–H and O–H groups in total. The third-order valence-corrected chi connectivity index (χ3v) is 4.81. The average Bonchev–Trinajstić information content (AvgIpc) is 2.52. The van der Waals surface area contributed by atoms with Gasteiger partial charge in [-0.05, 0) is 19.4 Å². The highest BCUT2D eigenvalue weighted by molar-refractivity contribution is 8.00. The second kappa shape index (κ2) is 9.67. The highest BCUT2D eigenvalue weighted by Crippen LogP contribution is 2.14. The van der Waals surface area contributed by atoms with E-state index in [9.17, 15) is 9.59 Å². The molecular weight excluding hydrogens is 378 g/mol. The molecule has 11 heteroatoms. The first kappa shape index (κ1) is 22.4. The molecule has 2 unspecified atom stereocenters. The number of rotatable bonds is 8. The lowest BCUT2D eigenvalue weighted by Crippen LogP contribution is -2.76. The summed E-state index contributed by atoms with van der Waals surface area (Å²) in [4.78, 5) is 23.5. The summed E-state index contributed by atoms with van der Waals surface area (Å²) in [6, 6.07) is 0. The van der Waals surface area contributed by atoms with E-state index in [1.165, 1.54) is 14.2 Å². The summed E-state index contributed by atoms with van der Waals surface area (Å²) in [5.74, 6) is -1.01. The van der Waals surface area contributed by atoms with Crippen molar-refractivity contribution in [3.63, 3.8) is 0 Å². The summed E-state index contributed by atoms with van der Waals surface area (Å²) in [6.45, 7) is 3.99. The Balaban J connectivity index is 5.85. The number of methoxy groups -OCH3 is 2. The molecule has 7 nitrogen and oxygen atoms in total. The van der Waals surface area contributed by atoms with Gasteiger partial charge < -0.3 is 59.2 Å². The van der Waals surface area contributed by atoms with E-state index < -0.39 is 11.9 Å². The number of nitrogens with zero attached hydrogens (tertiary/aromatic N) is 2. The number of likely N-dealkylation sites (N-methyl/N-ethyl adjacent to an activating group) is 2. The predicted octanol–water partition coefficient (Wildman–Crippen LogP) is 0.0890. The van der Waals surface area contributed by atoms with Crippen LogP contribution in [0.1, 0.15) is 13.8 Å². The second-order valence-corrected chi connectivity index (χ2v) is 6.73. The van der Waals surface area contributed by atoms with Crippen molar-refractivity contribution in [3.05, 3.63) is 0 Å². The van der Waals surface area contributed by atoms with Gasteiger partial charge in [-0.3, -0.25) is 0 Å². The number of nitrogens with one attached hydrogen (secondary N) is 1. The van der Waals surface area contributed by atoms with Crippen LogP contribution in [-0.4, -0.2) is 70.2 Å². The summed E-state index contributed by atoms with van der Waals surface area (Å²) >= 11 is 20.6. The molecule has 0 radical (unpaired) electrons. The number of thiocarbonyl (C=S) groups is 2. The smallest absolute Gasteiger partial charge is 0.363 e. The van der Waals surface area contributed by atoms with Crippen LogP contribution in [0.5, 0.6) is 0 Å². The zero-order valence-electron chi connectivity index (χ0n) is 13.5. The molecule has 0 saturated carbocycles. The first-order valence-corrected chi connectivity index (χ1v) is 8.36. The van der Waals surface area contributed by atoms with Gasteiger partial charge >= 0.3 is 11.9 Å². The van der Waals surface area contributed by atoms with E-state index in [-0.39, 0.29) is 30.9 Å². The maximum absolute atomic E-state index is 11.8. The molecule has 132 valence electrons. The van der Waals surface area contributed by atoms with Gasteiger partial charge in [-0.1, -0.05) is 0 Å². The molecule has 0 amide bonds. The van der Waals surface area contributed by atoms with Gasteiger partial charge in [0.1, 0.15) is 13.1 Å². The topological polar surface area (TPSA) is 64.6 Å². The summed E-state index contributed by atoms with van der Waals surface area (Å²) in [6.07, 6.45) is 0. The number of hydrogen-bond acceptors (Lipinski definition) is 9. The fourth-order valence-electron chi connectivity index (χ4n) is 1.84.